The number of Topliss-reactive ketones (excluding diaryl/α,β-unsaturated/α-hetero) is 2. The first-order chi connectivity index (χ1) is 20.9. The van der Waals surface area contributed by atoms with Crippen molar-refractivity contribution >= 4 is 11.6 Å². The monoisotopic (exact) mass is 599 g/mol. The summed E-state index contributed by atoms with van der Waals surface area (Å²) in [6.45, 7) is 18.2. The predicted molar refractivity (Wildman–Crippen MR) is 172 cm³/mol. The molecule has 0 bridgehead atoms. The number of nitrogens with zero attached hydrogens (tertiary/aromatic N) is 1. The van der Waals surface area contributed by atoms with Crippen LogP contribution in [0.25, 0.3) is 0 Å². The lowest BCUT2D eigenvalue weighted by molar-refractivity contribution is -0.119. The van der Waals surface area contributed by atoms with E-state index in [0.29, 0.717) is 37.4 Å². The first kappa shape index (κ1) is 31.7. The van der Waals surface area contributed by atoms with E-state index >= 15 is 0 Å². The Morgan fingerprint density at radius 2 is 1.50 bits per heavy atom. The number of hydrogen-bond donors (Lipinski definition) is 0. The zero-order chi connectivity index (χ0) is 31.8. The molecule has 0 radical (unpaired) electrons. The number of allylic oxidation sites excluding steroid dienone is 5. The molecule has 5 rings (SSSR count). The molecule has 44 heavy (non-hydrogen) atoms. The third kappa shape index (κ3) is 6.27. The summed E-state index contributed by atoms with van der Waals surface area (Å²) in [6.07, 6.45) is 5.71. The molecule has 0 saturated carbocycles. The summed E-state index contributed by atoms with van der Waals surface area (Å²) in [6, 6.07) is 10.3. The Morgan fingerprint density at radius 3 is 2.02 bits per heavy atom. The number of carbonyl (C=O) groups excluding carboxylic acids is 2. The highest BCUT2D eigenvalue weighted by Crippen LogP contribution is 2.55. The Kier molecular flexibility index (Phi) is 8.93. The van der Waals surface area contributed by atoms with E-state index in [0.717, 1.165) is 65.0 Å². The van der Waals surface area contributed by atoms with E-state index in [1.165, 1.54) is 12.1 Å². The molecule has 1 aliphatic heterocycles. The molecule has 0 aromatic heterocycles. The molecule has 0 spiro atoms. The molecule has 0 saturated heterocycles. The maximum absolute atomic E-state index is 14.1. The maximum atomic E-state index is 14.1. The SMILES string of the molecule is C=CCc1cc(C2C3=C(CC(C)(C)CC3=O)N(CCC)C3=C2C(=O)CC(C)(C)C3)cc(OCC)c1OCc1ccc(F)cc1. The molecule has 0 unspecified atom stereocenters. The van der Waals surface area contributed by atoms with Crippen LogP contribution in [0.3, 0.4) is 0 Å². The smallest absolute Gasteiger partial charge is 0.165 e. The lowest BCUT2D eigenvalue weighted by Crippen LogP contribution is -2.44. The van der Waals surface area contributed by atoms with Crippen LogP contribution in [0.1, 0.15) is 96.3 Å². The van der Waals surface area contributed by atoms with Crippen molar-refractivity contribution in [3.05, 3.63) is 94.1 Å². The van der Waals surface area contributed by atoms with Gasteiger partial charge in [-0.15, -0.1) is 6.58 Å². The summed E-state index contributed by atoms with van der Waals surface area (Å²) >= 11 is 0. The van der Waals surface area contributed by atoms with Crippen molar-refractivity contribution in [2.45, 2.75) is 92.6 Å². The summed E-state index contributed by atoms with van der Waals surface area (Å²) in [5.41, 5.74) is 5.91. The summed E-state index contributed by atoms with van der Waals surface area (Å²) < 4.78 is 26.0. The first-order valence-corrected chi connectivity index (χ1v) is 16.0. The minimum Gasteiger partial charge on any atom is -0.490 e. The highest BCUT2D eigenvalue weighted by molar-refractivity contribution is 6.06. The molecule has 3 aliphatic rings. The average Bonchev–Trinajstić information content (AvgIpc) is 2.93. The second kappa shape index (κ2) is 12.4. The topological polar surface area (TPSA) is 55.8 Å². The fourth-order valence-corrected chi connectivity index (χ4v) is 7.19. The Morgan fingerprint density at radius 1 is 0.909 bits per heavy atom. The largest absolute Gasteiger partial charge is 0.490 e. The van der Waals surface area contributed by atoms with Gasteiger partial charge in [-0.05, 0) is 72.8 Å². The van der Waals surface area contributed by atoms with Crippen molar-refractivity contribution in [3.8, 4) is 11.5 Å². The third-order valence-electron chi connectivity index (χ3n) is 8.92. The van der Waals surface area contributed by atoms with Gasteiger partial charge in [0.05, 0.1) is 6.61 Å². The van der Waals surface area contributed by atoms with Crippen LogP contribution in [0.15, 0.2) is 71.6 Å². The van der Waals surface area contributed by atoms with Crippen LogP contribution >= 0.6 is 0 Å². The minimum atomic E-state index is -0.464. The van der Waals surface area contributed by atoms with Gasteiger partial charge in [-0.2, -0.15) is 0 Å². The van der Waals surface area contributed by atoms with Crippen LogP contribution in [-0.4, -0.2) is 29.6 Å². The normalized spacial score (nSPS) is 19.6. The number of rotatable bonds is 10. The van der Waals surface area contributed by atoms with E-state index in [1.807, 2.05) is 19.1 Å². The number of carbonyl (C=O) groups is 2. The molecule has 2 aromatic carbocycles. The lowest BCUT2D eigenvalue weighted by Gasteiger charge is -2.49. The zero-order valence-corrected chi connectivity index (χ0v) is 27.1. The van der Waals surface area contributed by atoms with Crippen LogP contribution in [0.5, 0.6) is 11.5 Å². The van der Waals surface area contributed by atoms with Crippen molar-refractivity contribution in [1.29, 1.82) is 0 Å². The van der Waals surface area contributed by atoms with Crippen molar-refractivity contribution in [1.82, 2.24) is 4.90 Å². The van der Waals surface area contributed by atoms with Gasteiger partial charge < -0.3 is 14.4 Å². The Hall–Kier alpha value is -3.67. The molecule has 234 valence electrons. The van der Waals surface area contributed by atoms with Gasteiger partial charge in [0.25, 0.3) is 0 Å². The fourth-order valence-electron chi connectivity index (χ4n) is 7.19. The van der Waals surface area contributed by atoms with Crippen molar-refractivity contribution in [2.75, 3.05) is 13.2 Å². The van der Waals surface area contributed by atoms with Gasteiger partial charge in [-0.3, -0.25) is 9.59 Å². The zero-order valence-electron chi connectivity index (χ0n) is 27.1. The molecule has 1 heterocycles. The third-order valence-corrected chi connectivity index (χ3v) is 8.92. The minimum absolute atomic E-state index is 0.117. The van der Waals surface area contributed by atoms with E-state index in [4.69, 9.17) is 9.47 Å². The molecule has 2 aromatic rings. The molecular weight excluding hydrogens is 553 g/mol. The molecule has 6 heteroatoms. The maximum Gasteiger partial charge on any atom is 0.165 e. The fraction of sp³-hybridized carbons (Fsp3) is 0.474. The highest BCUT2D eigenvalue weighted by Gasteiger charge is 2.49. The molecule has 0 atom stereocenters. The Balaban J connectivity index is 1.71. The first-order valence-electron chi connectivity index (χ1n) is 16.0. The van der Waals surface area contributed by atoms with Gasteiger partial charge >= 0.3 is 0 Å². The van der Waals surface area contributed by atoms with E-state index < -0.39 is 5.92 Å². The van der Waals surface area contributed by atoms with Crippen molar-refractivity contribution < 1.29 is 23.5 Å². The quantitative estimate of drug-likeness (QED) is 0.256. The summed E-state index contributed by atoms with van der Waals surface area (Å²) in [5.74, 6) is 0.636. The van der Waals surface area contributed by atoms with Crippen molar-refractivity contribution in [3.63, 3.8) is 0 Å². The van der Waals surface area contributed by atoms with E-state index in [1.54, 1.807) is 12.1 Å². The van der Waals surface area contributed by atoms with Crippen LogP contribution in [-0.2, 0) is 22.6 Å². The molecule has 0 fully saturated rings. The van der Waals surface area contributed by atoms with Gasteiger partial charge in [0.1, 0.15) is 12.4 Å². The average molecular weight is 600 g/mol. The van der Waals surface area contributed by atoms with Gasteiger partial charge in [-0.25, -0.2) is 4.39 Å². The van der Waals surface area contributed by atoms with Crippen LogP contribution in [0.4, 0.5) is 4.39 Å². The molecule has 0 amide bonds. The van der Waals surface area contributed by atoms with E-state index in [-0.39, 0.29) is 34.8 Å². The van der Waals surface area contributed by atoms with Gasteiger partial charge in [0.15, 0.2) is 23.1 Å². The number of hydrogen-bond acceptors (Lipinski definition) is 5. The molecule has 5 nitrogen and oxygen atoms in total. The van der Waals surface area contributed by atoms with E-state index in [9.17, 15) is 14.0 Å². The van der Waals surface area contributed by atoms with Crippen LogP contribution < -0.4 is 9.47 Å². The Bertz CT molecular complexity index is 1470. The highest BCUT2D eigenvalue weighted by atomic mass is 19.1. The number of benzene rings is 2. The molecular formula is C38H46FNO4. The summed E-state index contributed by atoms with van der Waals surface area (Å²) in [5, 5.41) is 0. The number of halogens is 1. The standard InChI is InChI=1S/C38H46FNO4/c1-8-11-25-17-26(18-32(43-10-3)36(25)44-23-24-12-14-27(39)15-13-24)33-34-28(19-37(4,5)21-30(34)41)40(16-9-2)29-20-38(6,7)22-31(42)35(29)33/h8,12-15,17-18,33H,1,9-11,16,19-23H2,2-7H3. The van der Waals surface area contributed by atoms with Gasteiger partial charge in [-0.1, -0.05) is 58.9 Å². The Labute approximate surface area is 261 Å². The van der Waals surface area contributed by atoms with E-state index in [2.05, 4.69) is 52.2 Å². The lowest BCUT2D eigenvalue weighted by atomic mass is 9.63. The second-order valence-electron chi connectivity index (χ2n) is 14.0. The molecule has 2 aliphatic carbocycles. The number of ether oxygens (including phenoxy) is 2. The number of ketones is 2. The predicted octanol–water partition coefficient (Wildman–Crippen LogP) is 8.63. The van der Waals surface area contributed by atoms with Crippen LogP contribution in [0, 0.1) is 16.6 Å². The van der Waals surface area contributed by atoms with Crippen LogP contribution in [0.2, 0.25) is 0 Å². The summed E-state index contributed by atoms with van der Waals surface area (Å²) in [7, 11) is 0. The van der Waals surface area contributed by atoms with Gasteiger partial charge in [0, 0.05) is 53.4 Å². The second-order valence-corrected chi connectivity index (χ2v) is 14.0. The van der Waals surface area contributed by atoms with Gasteiger partial charge in [0.2, 0.25) is 0 Å². The van der Waals surface area contributed by atoms with Crippen molar-refractivity contribution in [2.24, 2.45) is 10.8 Å². The molecule has 0 N–H and O–H groups in total. The summed E-state index contributed by atoms with van der Waals surface area (Å²) in [4.78, 5) is 30.6.